The van der Waals surface area contributed by atoms with Gasteiger partial charge in [0.1, 0.15) is 5.75 Å². The monoisotopic (exact) mass is 782 g/mol. The Morgan fingerprint density at radius 2 is 1.19 bits per heavy atom. The zero-order valence-corrected chi connectivity index (χ0v) is 31.5. The molecule has 9 nitrogen and oxygen atoms in total. The van der Waals surface area contributed by atoms with Crippen LogP contribution < -0.4 is 0 Å². The van der Waals surface area contributed by atoms with E-state index in [1.165, 1.54) is 0 Å². The number of hydrogen-bond acceptors (Lipinski definition) is 5. The molecule has 0 bridgehead atoms. The highest BCUT2D eigenvalue weighted by molar-refractivity contribution is 9.10. The summed E-state index contributed by atoms with van der Waals surface area (Å²) in [5, 5.41) is 31.9. The van der Waals surface area contributed by atoms with Crippen molar-refractivity contribution in [1.82, 2.24) is 19.1 Å². The highest BCUT2D eigenvalue weighted by atomic mass is 79.9. The molecule has 0 radical (unpaired) electrons. The topological polar surface area (TPSA) is 130 Å². The van der Waals surface area contributed by atoms with E-state index in [9.17, 15) is 24.9 Å². The summed E-state index contributed by atoms with van der Waals surface area (Å²) in [7, 11) is 3.99. The second-order valence-corrected chi connectivity index (χ2v) is 15.4. The number of nitrogens with zero attached hydrogens (tertiary/aromatic N) is 4. The molecule has 0 saturated heterocycles. The number of fused-ring (bicyclic) bond motifs is 2. The van der Waals surface area contributed by atoms with Crippen LogP contribution in [-0.4, -0.2) is 46.4 Å². The lowest BCUT2D eigenvalue weighted by Gasteiger charge is -2.13. The summed E-state index contributed by atoms with van der Waals surface area (Å²) in [6, 6.07) is 23.2. The van der Waals surface area contributed by atoms with E-state index in [1.54, 1.807) is 24.3 Å². The maximum absolute atomic E-state index is 11.9. The van der Waals surface area contributed by atoms with Gasteiger partial charge in [-0.25, -0.2) is 9.59 Å². The van der Waals surface area contributed by atoms with Crippen LogP contribution in [0.4, 0.5) is 0 Å². The minimum absolute atomic E-state index is 0.218. The fraction of sp³-hybridized carbons (Fsp3) is 0.227. The molecule has 0 aliphatic heterocycles. The minimum Gasteiger partial charge on any atom is -0.507 e. The van der Waals surface area contributed by atoms with Crippen molar-refractivity contribution in [3.63, 3.8) is 0 Å². The smallest absolute Gasteiger partial charge is 0.337 e. The van der Waals surface area contributed by atoms with E-state index in [2.05, 4.69) is 48.7 Å². The number of rotatable bonds is 9. The number of benzene rings is 3. The van der Waals surface area contributed by atoms with Crippen molar-refractivity contribution in [3.05, 3.63) is 147 Å². The average Bonchev–Trinajstić information content (AvgIpc) is 4.09. The Hall–Kier alpha value is -5.74. The Balaban J connectivity index is 0.000000157. The number of carbonyl (C=O) groups is 2. The molecule has 272 valence electrons. The molecule has 2 fully saturated rings. The number of aromatic hydroxyl groups is 1. The van der Waals surface area contributed by atoms with E-state index in [4.69, 9.17) is 0 Å². The van der Waals surface area contributed by atoms with E-state index < -0.39 is 11.9 Å². The van der Waals surface area contributed by atoms with Crippen molar-refractivity contribution in [2.45, 2.75) is 50.4 Å². The van der Waals surface area contributed by atoms with Gasteiger partial charge in [0.15, 0.2) is 0 Å². The van der Waals surface area contributed by atoms with E-state index in [0.29, 0.717) is 41.6 Å². The molecule has 0 spiro atoms. The van der Waals surface area contributed by atoms with Crippen LogP contribution in [0.1, 0.15) is 91.9 Å². The van der Waals surface area contributed by atoms with Crippen LogP contribution in [-0.2, 0) is 26.9 Å². The van der Waals surface area contributed by atoms with Crippen LogP contribution in [0.5, 0.6) is 5.75 Å². The van der Waals surface area contributed by atoms with Crippen LogP contribution >= 0.6 is 15.9 Å². The summed E-state index contributed by atoms with van der Waals surface area (Å²) in [6.45, 7) is 0. The molecule has 54 heavy (non-hydrogen) atoms. The molecule has 3 N–H and O–H groups in total. The summed E-state index contributed by atoms with van der Waals surface area (Å²) in [5.41, 5.74) is 9.68. The second-order valence-electron chi connectivity index (χ2n) is 14.5. The average molecular weight is 784 g/mol. The van der Waals surface area contributed by atoms with Gasteiger partial charge in [0, 0.05) is 78.1 Å². The van der Waals surface area contributed by atoms with Gasteiger partial charge in [-0.05, 0) is 130 Å². The summed E-state index contributed by atoms with van der Waals surface area (Å²) >= 11 is 3.62. The lowest BCUT2D eigenvalue weighted by atomic mass is 9.96. The Morgan fingerprint density at radius 3 is 1.70 bits per heavy atom. The lowest BCUT2D eigenvalue weighted by molar-refractivity contribution is 0.0684. The van der Waals surface area contributed by atoms with Crippen molar-refractivity contribution >= 4 is 49.7 Å². The number of aromatic nitrogens is 4. The number of aryl methyl sites for hydroxylation is 2. The van der Waals surface area contributed by atoms with Gasteiger partial charge in [0.25, 0.3) is 0 Å². The van der Waals surface area contributed by atoms with E-state index >= 15 is 0 Å². The number of carboxylic acid groups (broad SMARTS) is 2. The molecule has 0 unspecified atom stereocenters. The molecule has 4 heterocycles. The highest BCUT2D eigenvalue weighted by Gasteiger charge is 2.27. The minimum atomic E-state index is -0.943. The molecular formula is C44H39BrN4O5. The predicted octanol–water partition coefficient (Wildman–Crippen LogP) is 9.61. The number of pyridine rings is 2. The summed E-state index contributed by atoms with van der Waals surface area (Å²) < 4.78 is 5.11. The number of phenols is 1. The fourth-order valence-electron chi connectivity index (χ4n) is 7.40. The molecule has 10 heteroatoms. The molecule has 3 aromatic carbocycles. The fourth-order valence-corrected chi connectivity index (χ4v) is 8.20. The second kappa shape index (κ2) is 14.2. The normalized spacial score (nSPS) is 13.9. The van der Waals surface area contributed by atoms with Gasteiger partial charge in [0.05, 0.1) is 33.5 Å². The Morgan fingerprint density at radius 1 is 0.685 bits per heavy atom. The van der Waals surface area contributed by atoms with Gasteiger partial charge >= 0.3 is 11.9 Å². The maximum atomic E-state index is 11.9. The first-order chi connectivity index (χ1) is 26.0. The zero-order chi connectivity index (χ0) is 37.7. The molecule has 0 amide bonds. The molecule has 2 aliphatic rings. The van der Waals surface area contributed by atoms with Crippen LogP contribution in [0.2, 0.25) is 0 Å². The van der Waals surface area contributed by atoms with Gasteiger partial charge in [-0.3, -0.25) is 9.97 Å². The Labute approximate surface area is 320 Å². The van der Waals surface area contributed by atoms with Gasteiger partial charge in [-0.15, -0.1) is 0 Å². The largest absolute Gasteiger partial charge is 0.507 e. The number of para-hydroxylation sites is 1. The first-order valence-corrected chi connectivity index (χ1v) is 18.9. The van der Waals surface area contributed by atoms with Crippen LogP contribution in [0, 0.1) is 0 Å². The van der Waals surface area contributed by atoms with Crippen LogP contribution in [0.25, 0.3) is 32.9 Å². The van der Waals surface area contributed by atoms with Crippen molar-refractivity contribution in [2.24, 2.45) is 14.1 Å². The van der Waals surface area contributed by atoms with Crippen molar-refractivity contribution in [1.29, 1.82) is 0 Å². The number of phenolic OH excluding ortho intramolecular Hbond substituents is 1. The van der Waals surface area contributed by atoms with Gasteiger partial charge in [-0.2, -0.15) is 0 Å². The lowest BCUT2D eigenvalue weighted by Crippen LogP contribution is -2.07. The Kier molecular flexibility index (Phi) is 9.31. The van der Waals surface area contributed by atoms with Crippen molar-refractivity contribution in [2.75, 3.05) is 0 Å². The molecule has 4 aromatic heterocycles. The molecule has 2 saturated carbocycles. The van der Waals surface area contributed by atoms with Gasteiger partial charge in [-0.1, -0.05) is 18.2 Å². The molecule has 9 rings (SSSR count). The van der Waals surface area contributed by atoms with E-state index in [-0.39, 0.29) is 11.3 Å². The molecule has 7 aromatic rings. The molecule has 2 aliphatic carbocycles. The SMILES string of the molecule is Cn1ccc2cc(Cc3ncc(C4CC4)cc3C(=O)O)cc(-c3ccccc3O)c21.Cn1ccc2cc(Cc3ncc(C4CC4)cc3C(=O)O)cc(Br)c21. The Bertz CT molecular complexity index is 2600. The third-order valence-corrected chi connectivity index (χ3v) is 11.1. The van der Waals surface area contributed by atoms with Crippen LogP contribution in [0.15, 0.2) is 102 Å². The van der Waals surface area contributed by atoms with Crippen molar-refractivity contribution < 1.29 is 24.9 Å². The van der Waals surface area contributed by atoms with Gasteiger partial charge in [0.2, 0.25) is 0 Å². The predicted molar refractivity (Wildman–Crippen MR) is 213 cm³/mol. The third-order valence-electron chi connectivity index (χ3n) is 10.5. The van der Waals surface area contributed by atoms with Gasteiger partial charge < -0.3 is 24.5 Å². The summed E-state index contributed by atoms with van der Waals surface area (Å²) in [4.78, 5) is 32.5. The maximum Gasteiger partial charge on any atom is 0.337 e. The first-order valence-electron chi connectivity index (χ1n) is 18.1. The highest BCUT2D eigenvalue weighted by Crippen LogP contribution is 2.42. The van der Waals surface area contributed by atoms with Crippen molar-refractivity contribution in [3.8, 4) is 16.9 Å². The first kappa shape index (κ1) is 35.3. The summed E-state index contributed by atoms with van der Waals surface area (Å²) in [6.07, 6.45) is 13.1. The van der Waals surface area contributed by atoms with Crippen LogP contribution in [0.3, 0.4) is 0 Å². The standard InChI is InChI=1S/C25H22N2O3.C19H17BrN2O2/c1-27-9-8-17-10-15(11-20(24(17)27)19-4-2-3-5-23(19)28)12-22-21(25(29)30)13-18(14-26-22)16-6-7-16;1-22-5-4-13-6-11(7-16(20)18(13)22)8-17-15(19(23)24)9-14(10-21-17)12-2-3-12/h2-5,8-11,13-14,16,28H,6-7,12H2,1H3,(H,29,30);4-7,9-10,12H,2-3,8H2,1H3,(H,23,24). The quantitative estimate of drug-likeness (QED) is 0.133. The number of hydrogen-bond donors (Lipinski definition) is 3. The molecular weight excluding hydrogens is 744 g/mol. The summed E-state index contributed by atoms with van der Waals surface area (Å²) in [5.74, 6) is -0.672. The number of halogens is 1. The van der Waals surface area contributed by atoms with E-state index in [1.807, 2.05) is 73.8 Å². The number of aromatic carboxylic acids is 2. The number of carboxylic acids is 2. The molecule has 0 atom stereocenters. The van der Waals surface area contributed by atoms with E-state index in [0.717, 1.165) is 85.3 Å². The zero-order valence-electron chi connectivity index (χ0n) is 30.0. The third kappa shape index (κ3) is 7.13.